The SMILES string of the molecule is N[C@@H](C[C@H](OP(=O)(O)O)P(=O)(O)O)C(=O)O. The van der Waals surface area contributed by atoms with E-state index < -0.39 is 39.7 Å². The fourth-order valence-corrected chi connectivity index (χ4v) is 2.48. The predicted molar refractivity (Wildman–Crippen MR) is 49.2 cm³/mol. The Morgan fingerprint density at radius 3 is 1.94 bits per heavy atom. The maximum absolute atomic E-state index is 10.7. The molecule has 10 nitrogen and oxygen atoms in total. The number of aliphatic carboxylic acids is 1. The Kier molecular flexibility index (Phi) is 5.24. The average molecular weight is 279 g/mol. The third-order valence-electron chi connectivity index (χ3n) is 1.41. The Hall–Kier alpha value is -0.310. The summed E-state index contributed by atoms with van der Waals surface area (Å²) in [6.07, 6.45) is -0.926. The summed E-state index contributed by atoms with van der Waals surface area (Å²) in [5, 5.41) is 8.37. The summed E-state index contributed by atoms with van der Waals surface area (Å²) in [6.45, 7) is 0. The minimum Gasteiger partial charge on any atom is -0.480 e. The number of nitrogens with two attached hydrogens (primary N) is 1. The van der Waals surface area contributed by atoms with Crippen molar-refractivity contribution < 1.29 is 43.1 Å². The highest BCUT2D eigenvalue weighted by molar-refractivity contribution is 7.53. The van der Waals surface area contributed by atoms with Gasteiger partial charge in [-0.3, -0.25) is 13.9 Å². The second kappa shape index (κ2) is 5.35. The first-order valence-corrected chi connectivity index (χ1v) is 6.92. The zero-order valence-corrected chi connectivity index (χ0v) is 9.49. The van der Waals surface area contributed by atoms with Crippen molar-refractivity contribution in [2.24, 2.45) is 5.73 Å². The molecule has 0 aliphatic carbocycles. The van der Waals surface area contributed by atoms with E-state index >= 15 is 0 Å². The van der Waals surface area contributed by atoms with Gasteiger partial charge < -0.3 is 30.4 Å². The Bertz CT molecular complexity index is 343. The number of hydrogen-bond donors (Lipinski definition) is 6. The van der Waals surface area contributed by atoms with Gasteiger partial charge in [0.25, 0.3) is 0 Å². The number of phosphoric ester groups is 1. The monoisotopic (exact) mass is 279 g/mol. The van der Waals surface area contributed by atoms with E-state index in [-0.39, 0.29) is 0 Å². The highest BCUT2D eigenvalue weighted by atomic mass is 31.2. The molecule has 0 unspecified atom stereocenters. The quantitative estimate of drug-likeness (QED) is 0.309. The summed E-state index contributed by atoms with van der Waals surface area (Å²) in [7, 11) is -10.2. The van der Waals surface area contributed by atoms with Crippen LogP contribution in [0.2, 0.25) is 0 Å². The van der Waals surface area contributed by atoms with Gasteiger partial charge in [-0.25, -0.2) is 4.57 Å². The molecule has 0 heterocycles. The molecule has 0 saturated carbocycles. The molecule has 7 N–H and O–H groups in total. The number of phosphoric acid groups is 1. The molecule has 0 aromatic carbocycles. The lowest BCUT2D eigenvalue weighted by atomic mass is 10.2. The molecular weight excluding hydrogens is 268 g/mol. The van der Waals surface area contributed by atoms with E-state index in [9.17, 15) is 13.9 Å². The molecule has 0 fully saturated rings. The zero-order valence-electron chi connectivity index (χ0n) is 7.70. The Morgan fingerprint density at radius 1 is 1.25 bits per heavy atom. The summed E-state index contributed by atoms with van der Waals surface area (Å²) in [6, 6.07) is -1.70. The van der Waals surface area contributed by atoms with E-state index in [1.165, 1.54) is 0 Å². The lowest BCUT2D eigenvalue weighted by Crippen LogP contribution is -2.34. The van der Waals surface area contributed by atoms with Crippen LogP contribution in [-0.4, -0.2) is 42.5 Å². The van der Waals surface area contributed by atoms with Crippen LogP contribution in [0.15, 0.2) is 0 Å². The number of carboxylic acids is 1. The van der Waals surface area contributed by atoms with Crippen molar-refractivity contribution >= 4 is 21.4 Å². The number of carbonyl (C=O) groups is 1. The van der Waals surface area contributed by atoms with Crippen LogP contribution >= 0.6 is 15.4 Å². The van der Waals surface area contributed by atoms with Crippen LogP contribution in [0.5, 0.6) is 0 Å². The van der Waals surface area contributed by atoms with Crippen LogP contribution in [0, 0.1) is 0 Å². The molecule has 0 aromatic heterocycles. The lowest BCUT2D eigenvalue weighted by molar-refractivity contribution is -0.139. The first-order chi connectivity index (χ1) is 6.93. The van der Waals surface area contributed by atoms with Crippen molar-refractivity contribution in [3.8, 4) is 0 Å². The normalized spacial score (nSPS) is 16.8. The van der Waals surface area contributed by atoms with Gasteiger partial charge in [0, 0.05) is 6.42 Å². The summed E-state index contributed by atoms with van der Waals surface area (Å²) >= 11 is 0. The zero-order chi connectivity index (χ0) is 13.1. The molecule has 0 aliphatic heterocycles. The minimum atomic E-state index is -5.15. The Morgan fingerprint density at radius 2 is 1.69 bits per heavy atom. The van der Waals surface area contributed by atoms with E-state index in [0.717, 1.165) is 0 Å². The maximum atomic E-state index is 10.7. The largest absolute Gasteiger partial charge is 0.480 e. The molecule has 0 radical (unpaired) electrons. The lowest BCUT2D eigenvalue weighted by Gasteiger charge is -2.20. The van der Waals surface area contributed by atoms with Gasteiger partial charge in [0.05, 0.1) is 0 Å². The molecule has 0 amide bonds. The van der Waals surface area contributed by atoms with Gasteiger partial charge in [0.15, 0.2) is 5.85 Å². The molecule has 0 saturated heterocycles. The highest BCUT2D eigenvalue weighted by Crippen LogP contribution is 2.51. The minimum absolute atomic E-state index is 0.926. The molecule has 0 rings (SSSR count). The van der Waals surface area contributed by atoms with E-state index in [0.29, 0.717) is 0 Å². The molecule has 12 heteroatoms. The maximum Gasteiger partial charge on any atom is 0.470 e. The summed E-state index contributed by atoms with van der Waals surface area (Å²) in [5.41, 5.74) is 4.96. The molecule has 16 heavy (non-hydrogen) atoms. The van der Waals surface area contributed by atoms with Gasteiger partial charge in [0.1, 0.15) is 6.04 Å². The van der Waals surface area contributed by atoms with Crippen molar-refractivity contribution in [1.82, 2.24) is 0 Å². The van der Waals surface area contributed by atoms with Crippen molar-refractivity contribution in [2.45, 2.75) is 18.3 Å². The number of rotatable bonds is 6. The second-order valence-corrected chi connectivity index (χ2v) is 5.77. The molecule has 0 spiro atoms. The van der Waals surface area contributed by atoms with Crippen LogP contribution in [0.4, 0.5) is 0 Å². The molecular formula is C4H11NO9P2. The van der Waals surface area contributed by atoms with E-state index in [1.807, 2.05) is 0 Å². The van der Waals surface area contributed by atoms with Crippen LogP contribution < -0.4 is 5.73 Å². The number of hydrogen-bond acceptors (Lipinski definition) is 5. The molecule has 0 aromatic rings. The topological polar surface area (TPSA) is 188 Å². The average Bonchev–Trinajstić information content (AvgIpc) is 1.98. The third-order valence-corrected chi connectivity index (χ3v) is 3.17. The van der Waals surface area contributed by atoms with Crippen molar-refractivity contribution in [1.29, 1.82) is 0 Å². The molecule has 96 valence electrons. The summed E-state index contributed by atoms with van der Waals surface area (Å²) < 4.78 is 24.9. The second-order valence-electron chi connectivity index (χ2n) is 2.82. The van der Waals surface area contributed by atoms with Crippen molar-refractivity contribution in [2.75, 3.05) is 0 Å². The molecule has 0 aliphatic rings. The van der Waals surface area contributed by atoms with E-state index in [1.54, 1.807) is 0 Å². The van der Waals surface area contributed by atoms with Gasteiger partial charge in [0.2, 0.25) is 0 Å². The van der Waals surface area contributed by atoms with Crippen LogP contribution in [0.1, 0.15) is 6.42 Å². The molecule has 2 atom stereocenters. The van der Waals surface area contributed by atoms with Crippen molar-refractivity contribution in [3.63, 3.8) is 0 Å². The van der Waals surface area contributed by atoms with E-state index in [2.05, 4.69) is 4.52 Å². The first-order valence-electron chi connectivity index (χ1n) is 3.71. The van der Waals surface area contributed by atoms with Gasteiger partial charge in [-0.15, -0.1) is 0 Å². The smallest absolute Gasteiger partial charge is 0.470 e. The summed E-state index contributed by atoms with van der Waals surface area (Å²) in [4.78, 5) is 44.4. The third kappa shape index (κ3) is 6.31. The van der Waals surface area contributed by atoms with Crippen LogP contribution in [-0.2, 0) is 18.4 Å². The van der Waals surface area contributed by atoms with Gasteiger partial charge in [-0.2, -0.15) is 0 Å². The Balaban J connectivity index is 4.78. The Labute approximate surface area is 89.4 Å². The van der Waals surface area contributed by atoms with Crippen molar-refractivity contribution in [3.05, 3.63) is 0 Å². The predicted octanol–water partition coefficient (Wildman–Crippen LogP) is -1.60. The van der Waals surface area contributed by atoms with Gasteiger partial charge >= 0.3 is 21.4 Å². The van der Waals surface area contributed by atoms with Gasteiger partial charge in [-0.05, 0) is 0 Å². The first kappa shape index (κ1) is 15.7. The van der Waals surface area contributed by atoms with E-state index in [4.69, 9.17) is 30.4 Å². The highest BCUT2D eigenvalue weighted by Gasteiger charge is 2.38. The molecule has 0 bridgehead atoms. The standard InChI is InChI=1S/C4H11NO9P2/c5-2(4(6)7)1-3(15(8,9)10)14-16(11,12)13/h2-3H,1,5H2,(H,6,7)(H2,8,9,10)(H2,11,12,13)/t2-,3+/m0/s1. The number of carboxylic acid groups (broad SMARTS) is 1. The fraction of sp³-hybridized carbons (Fsp3) is 0.750. The fourth-order valence-electron chi connectivity index (χ4n) is 0.718. The summed E-state index contributed by atoms with van der Waals surface area (Å²) in [5.74, 6) is -3.84. The van der Waals surface area contributed by atoms with Crippen LogP contribution in [0.3, 0.4) is 0 Å². The van der Waals surface area contributed by atoms with Crippen LogP contribution in [0.25, 0.3) is 0 Å². The van der Waals surface area contributed by atoms with Gasteiger partial charge in [-0.1, -0.05) is 0 Å².